The molecule has 0 radical (unpaired) electrons. The van der Waals surface area contributed by atoms with E-state index >= 15 is 0 Å². The van der Waals surface area contributed by atoms with Gasteiger partial charge in [0.05, 0.1) is 21.7 Å². The zero-order chi connectivity index (χ0) is 22.3. The number of hydrogen-bond donors (Lipinski definition) is 1. The summed E-state index contributed by atoms with van der Waals surface area (Å²) in [6.45, 7) is 0.335. The molecular weight excluding hydrogens is 464 g/mol. The molecule has 1 aliphatic rings. The first kappa shape index (κ1) is 21.4. The van der Waals surface area contributed by atoms with Crippen LogP contribution in [0.4, 0.5) is 0 Å². The van der Waals surface area contributed by atoms with Crippen molar-refractivity contribution in [1.29, 1.82) is 0 Å². The molecule has 0 aliphatic heterocycles. The summed E-state index contributed by atoms with van der Waals surface area (Å²) in [7, 11) is -3.74. The van der Waals surface area contributed by atoms with Gasteiger partial charge in [-0.3, -0.25) is 9.36 Å². The molecule has 1 aliphatic carbocycles. The average Bonchev–Trinajstić information content (AvgIpc) is 3.09. The molecule has 1 atom stereocenters. The maximum Gasteiger partial charge on any atom is 0.308 e. The lowest BCUT2D eigenvalue weighted by Crippen LogP contribution is -2.31. The number of aryl methyl sites for hydroxylation is 1. The van der Waals surface area contributed by atoms with Gasteiger partial charge >= 0.3 is 4.87 Å². The Hall–Kier alpha value is -2.45. The molecule has 0 saturated carbocycles. The quantitative estimate of drug-likeness (QED) is 0.427. The van der Waals surface area contributed by atoms with Crippen molar-refractivity contribution in [3.63, 3.8) is 0 Å². The lowest BCUT2D eigenvalue weighted by Gasteiger charge is -2.26. The van der Waals surface area contributed by atoms with E-state index in [9.17, 15) is 13.2 Å². The third kappa shape index (κ3) is 4.01. The van der Waals surface area contributed by atoms with Crippen molar-refractivity contribution in [2.45, 2.75) is 36.7 Å². The number of aromatic nitrogens is 1. The van der Waals surface area contributed by atoms with Crippen molar-refractivity contribution < 1.29 is 8.42 Å². The van der Waals surface area contributed by atoms with Crippen LogP contribution in [-0.4, -0.2) is 13.0 Å². The molecule has 0 saturated heterocycles. The van der Waals surface area contributed by atoms with Crippen LogP contribution in [0.25, 0.3) is 10.2 Å². The number of rotatable bonds is 5. The topological polar surface area (TPSA) is 68.2 Å². The van der Waals surface area contributed by atoms with Gasteiger partial charge in [-0.05, 0) is 60.2 Å². The molecule has 0 amide bonds. The Morgan fingerprint density at radius 2 is 1.84 bits per heavy atom. The number of benzene rings is 3. The zero-order valence-electron chi connectivity index (χ0n) is 17.1. The molecule has 0 unspecified atom stereocenters. The number of thiazole rings is 1. The van der Waals surface area contributed by atoms with Crippen LogP contribution in [0.1, 0.15) is 35.6 Å². The van der Waals surface area contributed by atoms with Gasteiger partial charge in [-0.15, -0.1) is 0 Å². The van der Waals surface area contributed by atoms with E-state index in [1.54, 1.807) is 28.8 Å². The lowest BCUT2D eigenvalue weighted by molar-refractivity contribution is 0.507. The Kier molecular flexibility index (Phi) is 5.67. The minimum atomic E-state index is -3.74. The molecule has 5 nitrogen and oxygen atoms in total. The van der Waals surface area contributed by atoms with Crippen molar-refractivity contribution in [3.8, 4) is 0 Å². The standard InChI is InChI=1S/C24H21ClN2O3S2/c25-20-10-4-2-7-17(20)15-27-22-13-12-18(14-23(22)31-24(27)28)32(29,30)26-21-11-5-8-16-6-1-3-9-19(16)21/h1-4,6-7,9-10,12-14,21,26H,5,8,11,15H2/t21-/m1/s1. The van der Waals surface area contributed by atoms with Crippen LogP contribution in [0.2, 0.25) is 5.02 Å². The van der Waals surface area contributed by atoms with Crippen LogP contribution in [0.3, 0.4) is 0 Å². The van der Waals surface area contributed by atoms with Gasteiger partial charge in [0.2, 0.25) is 10.0 Å². The minimum absolute atomic E-state index is 0.149. The Morgan fingerprint density at radius 1 is 1.06 bits per heavy atom. The van der Waals surface area contributed by atoms with Crippen LogP contribution < -0.4 is 9.60 Å². The van der Waals surface area contributed by atoms with E-state index in [0.29, 0.717) is 21.8 Å². The predicted molar refractivity (Wildman–Crippen MR) is 129 cm³/mol. The normalized spacial score (nSPS) is 16.2. The van der Waals surface area contributed by atoms with Gasteiger partial charge in [0.25, 0.3) is 0 Å². The van der Waals surface area contributed by atoms with Crippen LogP contribution in [0.15, 0.2) is 76.4 Å². The number of nitrogens with one attached hydrogen (secondary N) is 1. The van der Waals surface area contributed by atoms with E-state index in [2.05, 4.69) is 10.8 Å². The Bertz CT molecular complexity index is 1470. The zero-order valence-corrected chi connectivity index (χ0v) is 19.5. The fourth-order valence-corrected chi connectivity index (χ4v) is 6.77. The Labute approximate surface area is 195 Å². The van der Waals surface area contributed by atoms with Crippen molar-refractivity contribution in [1.82, 2.24) is 9.29 Å². The molecule has 4 aromatic rings. The molecule has 32 heavy (non-hydrogen) atoms. The molecule has 3 aromatic carbocycles. The first-order valence-corrected chi connectivity index (χ1v) is 13.1. The molecule has 0 bridgehead atoms. The van der Waals surface area contributed by atoms with E-state index in [-0.39, 0.29) is 15.8 Å². The second-order valence-electron chi connectivity index (χ2n) is 7.94. The van der Waals surface area contributed by atoms with E-state index in [0.717, 1.165) is 41.7 Å². The molecule has 1 aromatic heterocycles. The molecule has 164 valence electrons. The number of hydrogen-bond acceptors (Lipinski definition) is 4. The maximum atomic E-state index is 13.2. The highest BCUT2D eigenvalue weighted by molar-refractivity contribution is 7.89. The fraction of sp³-hybridized carbons (Fsp3) is 0.208. The average molecular weight is 485 g/mol. The first-order chi connectivity index (χ1) is 15.4. The van der Waals surface area contributed by atoms with Gasteiger partial charge in [-0.2, -0.15) is 0 Å². The van der Waals surface area contributed by atoms with Crippen molar-refractivity contribution in [2.75, 3.05) is 0 Å². The second-order valence-corrected chi connectivity index (χ2v) is 11.1. The van der Waals surface area contributed by atoms with Gasteiger partial charge in [0.1, 0.15) is 0 Å². The summed E-state index contributed by atoms with van der Waals surface area (Å²) in [6.07, 6.45) is 2.67. The molecule has 0 fully saturated rings. The smallest absolute Gasteiger partial charge is 0.294 e. The number of sulfonamides is 1. The van der Waals surface area contributed by atoms with E-state index in [1.165, 1.54) is 5.56 Å². The van der Waals surface area contributed by atoms with Gasteiger partial charge in [0.15, 0.2) is 0 Å². The van der Waals surface area contributed by atoms with Crippen LogP contribution in [-0.2, 0) is 23.0 Å². The Morgan fingerprint density at radius 3 is 2.69 bits per heavy atom. The van der Waals surface area contributed by atoms with Gasteiger partial charge in [-0.25, -0.2) is 13.1 Å². The van der Waals surface area contributed by atoms with Crippen LogP contribution >= 0.6 is 22.9 Å². The highest BCUT2D eigenvalue weighted by atomic mass is 35.5. The third-order valence-corrected chi connectivity index (χ3v) is 8.68. The summed E-state index contributed by atoms with van der Waals surface area (Å²) in [5.74, 6) is 0. The fourth-order valence-electron chi connectivity index (χ4n) is 4.29. The number of nitrogens with zero attached hydrogens (tertiary/aromatic N) is 1. The summed E-state index contributed by atoms with van der Waals surface area (Å²) in [5.41, 5.74) is 3.77. The highest BCUT2D eigenvalue weighted by Gasteiger charge is 2.26. The maximum absolute atomic E-state index is 13.2. The van der Waals surface area contributed by atoms with E-state index < -0.39 is 10.0 Å². The monoisotopic (exact) mass is 484 g/mol. The van der Waals surface area contributed by atoms with Crippen LogP contribution in [0, 0.1) is 0 Å². The molecule has 8 heteroatoms. The van der Waals surface area contributed by atoms with Crippen molar-refractivity contribution in [2.24, 2.45) is 0 Å². The second kappa shape index (κ2) is 8.48. The first-order valence-electron chi connectivity index (χ1n) is 10.4. The van der Waals surface area contributed by atoms with Crippen LogP contribution in [0.5, 0.6) is 0 Å². The molecular formula is C24H21ClN2O3S2. The predicted octanol–water partition coefficient (Wildman–Crippen LogP) is 5.12. The SMILES string of the molecule is O=c1sc2cc(S(=O)(=O)N[C@@H]3CCCc4ccccc43)ccc2n1Cc1ccccc1Cl. The van der Waals surface area contributed by atoms with Gasteiger partial charge in [0, 0.05) is 11.1 Å². The molecule has 5 rings (SSSR count). The van der Waals surface area contributed by atoms with Gasteiger partial charge < -0.3 is 0 Å². The molecule has 0 spiro atoms. The number of fused-ring (bicyclic) bond motifs is 2. The lowest BCUT2D eigenvalue weighted by atomic mass is 9.88. The Balaban J connectivity index is 1.47. The van der Waals surface area contributed by atoms with E-state index in [4.69, 9.17) is 11.6 Å². The van der Waals surface area contributed by atoms with E-state index in [1.807, 2.05) is 36.4 Å². The van der Waals surface area contributed by atoms with Crippen molar-refractivity contribution >= 4 is 43.2 Å². The highest BCUT2D eigenvalue weighted by Crippen LogP contribution is 2.31. The third-order valence-electron chi connectivity index (χ3n) is 5.90. The molecule has 1 N–H and O–H groups in total. The minimum Gasteiger partial charge on any atom is -0.294 e. The summed E-state index contributed by atoms with van der Waals surface area (Å²) in [5, 5.41) is 0.593. The molecule has 1 heterocycles. The summed E-state index contributed by atoms with van der Waals surface area (Å²) in [6, 6.07) is 20.0. The van der Waals surface area contributed by atoms with Gasteiger partial charge in [-0.1, -0.05) is 65.4 Å². The summed E-state index contributed by atoms with van der Waals surface area (Å²) in [4.78, 5) is 12.7. The summed E-state index contributed by atoms with van der Waals surface area (Å²) < 4.78 is 31.5. The largest absolute Gasteiger partial charge is 0.308 e. The number of halogens is 1. The van der Waals surface area contributed by atoms with Crippen molar-refractivity contribution in [3.05, 3.63) is 98.1 Å². The summed E-state index contributed by atoms with van der Waals surface area (Å²) >= 11 is 7.30.